The van der Waals surface area contributed by atoms with Crippen molar-refractivity contribution in [3.05, 3.63) is 70.8 Å². The van der Waals surface area contributed by atoms with Gasteiger partial charge in [0, 0.05) is 5.56 Å². The molecule has 2 aromatic rings. The van der Waals surface area contributed by atoms with E-state index in [1.54, 1.807) is 24.3 Å². The molecule has 3 rings (SSSR count). The number of anilines is 1. The summed E-state index contributed by atoms with van der Waals surface area (Å²) in [6, 6.07) is 8.71. The van der Waals surface area contributed by atoms with E-state index in [2.05, 4.69) is 11.9 Å². The number of hydrogen-bond acceptors (Lipinski definition) is 6. The fourth-order valence-electron chi connectivity index (χ4n) is 3.45. The predicted octanol–water partition coefficient (Wildman–Crippen LogP) is 3.34. The lowest BCUT2D eigenvalue weighted by atomic mass is 10.0. The van der Waals surface area contributed by atoms with E-state index < -0.39 is 24.4 Å². The van der Waals surface area contributed by atoms with E-state index >= 15 is 0 Å². The fraction of sp³-hybridized carbons (Fsp3) is 0.200. The quantitative estimate of drug-likeness (QED) is 0.258. The van der Waals surface area contributed by atoms with Crippen LogP contribution in [0.5, 0.6) is 11.5 Å². The first kappa shape index (κ1) is 24.7. The number of nitrogens with zero attached hydrogens (tertiary/aromatic N) is 1. The maximum absolute atomic E-state index is 13.3. The number of rotatable bonds is 8. The van der Waals surface area contributed by atoms with Crippen LogP contribution in [0.2, 0.25) is 0 Å². The van der Waals surface area contributed by atoms with Gasteiger partial charge < -0.3 is 14.6 Å². The molecule has 0 saturated carbocycles. The number of carbonyl (C=O) groups is 3. The number of nitrogens with one attached hydrogen (secondary N) is 1. The number of carboxylic acids is 1. The second-order valence-electron chi connectivity index (χ2n) is 7.61. The van der Waals surface area contributed by atoms with Gasteiger partial charge in [0.15, 0.2) is 23.2 Å². The number of methoxy groups -OCH3 is 1. The van der Waals surface area contributed by atoms with Crippen molar-refractivity contribution in [2.75, 3.05) is 18.6 Å². The van der Waals surface area contributed by atoms with Gasteiger partial charge >= 0.3 is 5.97 Å². The largest absolute Gasteiger partial charge is 0.493 e. The molecule has 0 aromatic heterocycles. The lowest BCUT2D eigenvalue weighted by molar-refractivity contribution is -0.139. The Hall–Kier alpha value is -3.98. The third kappa shape index (κ3) is 5.15. The van der Waals surface area contributed by atoms with Crippen LogP contribution in [0, 0.1) is 13.8 Å². The van der Waals surface area contributed by atoms with Crippen LogP contribution >= 0.6 is 12.2 Å². The summed E-state index contributed by atoms with van der Waals surface area (Å²) in [6.45, 7) is 7.05. The van der Waals surface area contributed by atoms with Crippen LogP contribution in [0.3, 0.4) is 0 Å². The van der Waals surface area contributed by atoms with Crippen LogP contribution in [-0.2, 0) is 20.8 Å². The summed E-state index contributed by atoms with van der Waals surface area (Å²) in [5.74, 6) is -1.80. The zero-order valence-electron chi connectivity index (χ0n) is 19.0. The topological polar surface area (TPSA) is 105 Å². The second-order valence-corrected chi connectivity index (χ2v) is 8.00. The van der Waals surface area contributed by atoms with Crippen LogP contribution in [0.4, 0.5) is 5.69 Å². The van der Waals surface area contributed by atoms with E-state index in [-0.39, 0.29) is 22.2 Å². The van der Waals surface area contributed by atoms with Gasteiger partial charge in [0.05, 0.1) is 12.8 Å². The molecule has 1 heterocycles. The molecule has 2 amide bonds. The van der Waals surface area contributed by atoms with Crippen LogP contribution in [0.15, 0.2) is 48.6 Å². The molecule has 1 saturated heterocycles. The number of hydrogen-bond donors (Lipinski definition) is 2. The molecular weight excluding hydrogens is 456 g/mol. The Morgan fingerprint density at radius 2 is 1.94 bits per heavy atom. The average Bonchev–Trinajstić information content (AvgIpc) is 2.77. The van der Waals surface area contributed by atoms with Crippen molar-refractivity contribution in [1.29, 1.82) is 0 Å². The van der Waals surface area contributed by atoms with Gasteiger partial charge in [-0.25, -0.2) is 4.79 Å². The summed E-state index contributed by atoms with van der Waals surface area (Å²) in [5, 5.41) is 11.5. The number of allylic oxidation sites excluding steroid dienone is 1. The normalized spacial score (nSPS) is 14.7. The molecule has 8 nitrogen and oxygen atoms in total. The third-order valence-electron chi connectivity index (χ3n) is 5.24. The molecule has 34 heavy (non-hydrogen) atoms. The maximum atomic E-state index is 13.3. The second kappa shape index (κ2) is 10.3. The van der Waals surface area contributed by atoms with Gasteiger partial charge in [0.1, 0.15) is 5.57 Å². The van der Waals surface area contributed by atoms with Gasteiger partial charge in [-0.1, -0.05) is 12.1 Å². The van der Waals surface area contributed by atoms with E-state index in [0.29, 0.717) is 23.2 Å². The van der Waals surface area contributed by atoms with Gasteiger partial charge in [0.25, 0.3) is 11.8 Å². The smallest absolute Gasteiger partial charge is 0.341 e. The standard InChI is InChI=1S/C25H24N2O6S/c1-5-6-17-10-16(12-20(32-4)22(17)33-13-21(28)29)11-19-23(30)26-25(34)27(24(19)31)18-8-7-14(2)15(3)9-18/h5,7-12H,1,6,13H2,2-4H3,(H,28,29)(H,26,30,34)/b19-11+. The molecule has 1 aliphatic heterocycles. The minimum atomic E-state index is -1.13. The van der Waals surface area contributed by atoms with Crippen LogP contribution in [0.1, 0.15) is 22.3 Å². The highest BCUT2D eigenvalue weighted by molar-refractivity contribution is 7.80. The summed E-state index contributed by atoms with van der Waals surface area (Å²) in [4.78, 5) is 38.2. The van der Waals surface area contributed by atoms with Crippen molar-refractivity contribution in [2.24, 2.45) is 0 Å². The van der Waals surface area contributed by atoms with Crippen LogP contribution in [-0.4, -0.2) is 41.7 Å². The van der Waals surface area contributed by atoms with E-state index in [1.807, 2.05) is 26.0 Å². The zero-order chi connectivity index (χ0) is 25.0. The summed E-state index contributed by atoms with van der Waals surface area (Å²) in [6.07, 6.45) is 3.41. The Kier molecular flexibility index (Phi) is 7.47. The lowest BCUT2D eigenvalue weighted by Crippen LogP contribution is -2.54. The molecule has 176 valence electrons. The van der Waals surface area contributed by atoms with Crippen molar-refractivity contribution in [3.8, 4) is 11.5 Å². The highest BCUT2D eigenvalue weighted by Crippen LogP contribution is 2.35. The number of carboxylic acid groups (broad SMARTS) is 1. The van der Waals surface area contributed by atoms with E-state index in [9.17, 15) is 14.4 Å². The van der Waals surface area contributed by atoms with Crippen molar-refractivity contribution in [2.45, 2.75) is 20.3 Å². The summed E-state index contributed by atoms with van der Waals surface area (Å²) >= 11 is 5.27. The lowest BCUT2D eigenvalue weighted by Gasteiger charge is -2.29. The van der Waals surface area contributed by atoms with Gasteiger partial charge in [-0.3, -0.25) is 19.8 Å². The molecule has 0 unspecified atom stereocenters. The minimum Gasteiger partial charge on any atom is -0.493 e. The monoisotopic (exact) mass is 480 g/mol. The Bertz CT molecular complexity index is 1230. The molecule has 0 aliphatic carbocycles. The van der Waals surface area contributed by atoms with Gasteiger partial charge in [-0.15, -0.1) is 6.58 Å². The van der Waals surface area contributed by atoms with Crippen LogP contribution in [0.25, 0.3) is 6.08 Å². The molecule has 0 spiro atoms. The number of amides is 2. The maximum Gasteiger partial charge on any atom is 0.341 e. The van der Waals surface area contributed by atoms with Gasteiger partial charge in [-0.2, -0.15) is 0 Å². The molecule has 0 radical (unpaired) electrons. The predicted molar refractivity (Wildman–Crippen MR) is 132 cm³/mol. The zero-order valence-corrected chi connectivity index (χ0v) is 19.8. The van der Waals surface area contributed by atoms with E-state index in [0.717, 1.165) is 11.1 Å². The summed E-state index contributed by atoms with van der Waals surface area (Å²) < 4.78 is 10.8. The Balaban J connectivity index is 2.06. The summed E-state index contributed by atoms with van der Waals surface area (Å²) in [7, 11) is 1.41. The molecule has 0 atom stereocenters. The van der Waals surface area contributed by atoms with Gasteiger partial charge in [-0.05, 0) is 79.5 Å². The molecule has 2 N–H and O–H groups in total. The molecular formula is C25H24N2O6S. The van der Waals surface area contributed by atoms with E-state index in [1.165, 1.54) is 18.1 Å². The van der Waals surface area contributed by atoms with Crippen molar-refractivity contribution in [1.82, 2.24) is 5.32 Å². The number of aliphatic carboxylic acids is 1. The highest BCUT2D eigenvalue weighted by Gasteiger charge is 2.34. The average molecular weight is 481 g/mol. The third-order valence-corrected chi connectivity index (χ3v) is 5.52. The first-order valence-electron chi connectivity index (χ1n) is 10.3. The van der Waals surface area contributed by atoms with Crippen molar-refractivity contribution in [3.63, 3.8) is 0 Å². The van der Waals surface area contributed by atoms with Crippen LogP contribution < -0.4 is 19.7 Å². The Morgan fingerprint density at radius 3 is 2.56 bits per heavy atom. The number of ether oxygens (including phenoxy) is 2. The molecule has 9 heteroatoms. The van der Waals surface area contributed by atoms with Crippen molar-refractivity contribution >= 4 is 46.9 Å². The summed E-state index contributed by atoms with van der Waals surface area (Å²) in [5.41, 5.74) is 3.55. The van der Waals surface area contributed by atoms with E-state index in [4.69, 9.17) is 26.8 Å². The number of aryl methyl sites for hydroxylation is 2. The molecule has 1 aliphatic rings. The molecule has 0 bridgehead atoms. The van der Waals surface area contributed by atoms with Crippen molar-refractivity contribution < 1.29 is 29.0 Å². The number of carbonyl (C=O) groups excluding carboxylic acids is 2. The number of benzene rings is 2. The fourth-order valence-corrected chi connectivity index (χ4v) is 3.73. The Labute approximate surface area is 202 Å². The highest BCUT2D eigenvalue weighted by atomic mass is 32.1. The SMILES string of the molecule is C=CCc1cc(/C=C2\C(=O)NC(=S)N(c3ccc(C)c(C)c3)C2=O)cc(OC)c1OCC(=O)O. The molecule has 1 fully saturated rings. The first-order valence-corrected chi connectivity index (χ1v) is 10.7. The Morgan fingerprint density at radius 1 is 1.21 bits per heavy atom. The number of thiocarbonyl (C=S) groups is 1. The first-order chi connectivity index (χ1) is 16.2. The molecule has 2 aromatic carbocycles. The minimum absolute atomic E-state index is 0.00208. The van der Waals surface area contributed by atoms with Gasteiger partial charge in [0.2, 0.25) is 0 Å².